The standard InChI is InChI=1S/C11H10Cl4FN3O3/c1-2-22-9(20)5-3-17-8(12)6(16)7(5)18-4-19-10(21)11(13,14)15/h3H,2,4H2,1H3,(H,17,18)(H,19,21). The summed E-state index contributed by atoms with van der Waals surface area (Å²) in [5.41, 5.74) is -0.477. The number of carbonyl (C=O) groups excluding carboxylic acids is 2. The molecule has 1 heterocycles. The van der Waals surface area contributed by atoms with Gasteiger partial charge in [0.1, 0.15) is 5.56 Å². The second kappa shape index (κ2) is 8.01. The first-order valence-electron chi connectivity index (χ1n) is 5.78. The predicted molar refractivity (Wildman–Crippen MR) is 82.1 cm³/mol. The number of pyridine rings is 1. The molecule has 0 fully saturated rings. The summed E-state index contributed by atoms with van der Waals surface area (Å²) in [5, 5.41) is 4.19. The average molecular weight is 393 g/mol. The van der Waals surface area contributed by atoms with Crippen LogP contribution in [0.3, 0.4) is 0 Å². The van der Waals surface area contributed by atoms with Crippen LogP contribution in [-0.4, -0.2) is 33.9 Å². The number of nitrogens with one attached hydrogen (secondary N) is 2. The third kappa shape index (κ3) is 5.01. The first-order chi connectivity index (χ1) is 10.2. The maximum Gasteiger partial charge on any atom is 0.341 e. The van der Waals surface area contributed by atoms with E-state index < -0.39 is 26.6 Å². The smallest absolute Gasteiger partial charge is 0.341 e. The SMILES string of the molecule is CCOC(=O)c1cnc(Cl)c(F)c1NCNC(=O)C(Cl)(Cl)Cl. The van der Waals surface area contributed by atoms with Crippen LogP contribution in [0.4, 0.5) is 10.1 Å². The summed E-state index contributed by atoms with van der Waals surface area (Å²) in [4.78, 5) is 26.6. The molecule has 0 bridgehead atoms. The molecule has 0 saturated heterocycles. The second-order valence-electron chi connectivity index (χ2n) is 3.73. The number of carbonyl (C=O) groups is 2. The Labute approximate surface area is 145 Å². The summed E-state index contributed by atoms with van der Waals surface area (Å²) < 4.78 is 16.6. The molecule has 11 heteroatoms. The number of rotatable bonds is 5. The Hall–Kier alpha value is -1.02. The summed E-state index contributed by atoms with van der Waals surface area (Å²) >= 11 is 21.6. The van der Waals surface area contributed by atoms with Crippen molar-refractivity contribution < 1.29 is 18.7 Å². The van der Waals surface area contributed by atoms with Crippen molar-refractivity contribution in [3.05, 3.63) is 22.7 Å². The van der Waals surface area contributed by atoms with E-state index in [4.69, 9.17) is 51.1 Å². The molecule has 0 aromatic carbocycles. The van der Waals surface area contributed by atoms with Gasteiger partial charge < -0.3 is 15.4 Å². The first kappa shape index (κ1) is 19.0. The van der Waals surface area contributed by atoms with Gasteiger partial charge in [-0.05, 0) is 6.92 Å². The van der Waals surface area contributed by atoms with Crippen molar-refractivity contribution in [2.75, 3.05) is 18.6 Å². The van der Waals surface area contributed by atoms with Crippen molar-refractivity contribution in [3.63, 3.8) is 0 Å². The Bertz CT molecular complexity index is 580. The van der Waals surface area contributed by atoms with E-state index in [2.05, 4.69) is 15.6 Å². The Morgan fingerprint density at radius 1 is 1.41 bits per heavy atom. The zero-order valence-corrected chi connectivity index (χ0v) is 14.1. The Balaban J connectivity index is 2.91. The fourth-order valence-electron chi connectivity index (χ4n) is 1.31. The molecule has 122 valence electrons. The lowest BCUT2D eigenvalue weighted by molar-refractivity contribution is -0.120. The highest BCUT2D eigenvalue weighted by atomic mass is 35.6. The molecule has 0 spiro atoms. The van der Waals surface area contributed by atoms with Crippen molar-refractivity contribution >= 4 is 64.0 Å². The van der Waals surface area contributed by atoms with Gasteiger partial charge in [-0.15, -0.1) is 0 Å². The molecule has 0 aliphatic rings. The molecule has 0 radical (unpaired) electrons. The van der Waals surface area contributed by atoms with Crippen LogP contribution in [0.5, 0.6) is 0 Å². The first-order valence-corrected chi connectivity index (χ1v) is 7.29. The largest absolute Gasteiger partial charge is 0.462 e. The van der Waals surface area contributed by atoms with Crippen molar-refractivity contribution in [1.82, 2.24) is 10.3 Å². The topological polar surface area (TPSA) is 80.3 Å². The van der Waals surface area contributed by atoms with E-state index in [1.807, 2.05) is 0 Å². The van der Waals surface area contributed by atoms with Gasteiger partial charge in [0.15, 0.2) is 11.0 Å². The van der Waals surface area contributed by atoms with E-state index in [-0.39, 0.29) is 24.5 Å². The van der Waals surface area contributed by atoms with E-state index >= 15 is 0 Å². The maximum absolute atomic E-state index is 14.0. The third-order valence-electron chi connectivity index (χ3n) is 2.24. The number of hydrogen-bond acceptors (Lipinski definition) is 5. The molecule has 2 N–H and O–H groups in total. The highest BCUT2D eigenvalue weighted by Gasteiger charge is 2.30. The summed E-state index contributed by atoms with van der Waals surface area (Å²) in [6, 6.07) is 0. The predicted octanol–water partition coefficient (Wildman–Crippen LogP) is 2.91. The number of anilines is 1. The number of aromatic nitrogens is 1. The van der Waals surface area contributed by atoms with Gasteiger partial charge in [0, 0.05) is 6.20 Å². The Kier molecular flexibility index (Phi) is 6.93. The molecule has 0 unspecified atom stereocenters. The van der Waals surface area contributed by atoms with Gasteiger partial charge in [-0.1, -0.05) is 46.4 Å². The molecule has 0 aliphatic heterocycles. The monoisotopic (exact) mass is 391 g/mol. The van der Waals surface area contributed by atoms with E-state index in [1.54, 1.807) is 6.92 Å². The van der Waals surface area contributed by atoms with Crippen LogP contribution < -0.4 is 10.6 Å². The second-order valence-corrected chi connectivity index (χ2v) is 6.37. The number of ether oxygens (including phenoxy) is 1. The van der Waals surface area contributed by atoms with Gasteiger partial charge in [-0.2, -0.15) is 0 Å². The van der Waals surface area contributed by atoms with E-state index in [0.717, 1.165) is 6.20 Å². The van der Waals surface area contributed by atoms with Crippen LogP contribution in [0, 0.1) is 5.82 Å². The number of esters is 1. The summed E-state index contributed by atoms with van der Waals surface area (Å²) in [7, 11) is 0. The minimum Gasteiger partial charge on any atom is -0.462 e. The lowest BCUT2D eigenvalue weighted by Gasteiger charge is -2.15. The molecule has 1 aromatic rings. The minimum atomic E-state index is -2.17. The number of alkyl halides is 3. The van der Waals surface area contributed by atoms with Crippen molar-refractivity contribution in [3.8, 4) is 0 Å². The zero-order valence-electron chi connectivity index (χ0n) is 11.1. The summed E-state index contributed by atoms with van der Waals surface area (Å²) in [5.74, 6) is -2.71. The fraction of sp³-hybridized carbons (Fsp3) is 0.364. The molecule has 1 aromatic heterocycles. The number of amides is 1. The van der Waals surface area contributed by atoms with Crippen molar-refractivity contribution in [2.45, 2.75) is 10.7 Å². The average Bonchev–Trinajstić information content (AvgIpc) is 2.42. The van der Waals surface area contributed by atoms with E-state index in [0.29, 0.717) is 0 Å². The van der Waals surface area contributed by atoms with Crippen LogP contribution >= 0.6 is 46.4 Å². The minimum absolute atomic E-state index is 0.0898. The van der Waals surface area contributed by atoms with E-state index in [1.165, 1.54) is 0 Å². The van der Waals surface area contributed by atoms with Crippen LogP contribution in [0.15, 0.2) is 6.20 Å². The van der Waals surface area contributed by atoms with Gasteiger partial charge in [0.05, 0.1) is 19.0 Å². The van der Waals surface area contributed by atoms with E-state index in [9.17, 15) is 14.0 Å². The number of nitrogens with zero attached hydrogens (tertiary/aromatic N) is 1. The van der Waals surface area contributed by atoms with Gasteiger partial charge in [0.2, 0.25) is 0 Å². The molecule has 0 saturated carbocycles. The molecule has 6 nitrogen and oxygen atoms in total. The zero-order chi connectivity index (χ0) is 16.9. The maximum atomic E-state index is 14.0. The molecular formula is C11H10Cl4FN3O3. The molecule has 0 atom stereocenters. The lowest BCUT2D eigenvalue weighted by Crippen LogP contribution is -2.38. The number of hydrogen-bond donors (Lipinski definition) is 2. The van der Waals surface area contributed by atoms with Gasteiger partial charge in [-0.25, -0.2) is 14.2 Å². The third-order valence-corrected chi connectivity index (χ3v) is 3.02. The quantitative estimate of drug-likeness (QED) is 0.348. The summed E-state index contributed by atoms with van der Waals surface area (Å²) in [6.07, 6.45) is 1.04. The van der Waals surface area contributed by atoms with Gasteiger partial charge in [-0.3, -0.25) is 4.79 Å². The van der Waals surface area contributed by atoms with Crippen LogP contribution in [0.2, 0.25) is 5.15 Å². The highest BCUT2D eigenvalue weighted by Crippen LogP contribution is 2.27. The van der Waals surface area contributed by atoms with Gasteiger partial charge in [0.25, 0.3) is 9.70 Å². The Morgan fingerprint density at radius 3 is 2.59 bits per heavy atom. The Morgan fingerprint density at radius 2 is 2.05 bits per heavy atom. The molecule has 22 heavy (non-hydrogen) atoms. The van der Waals surface area contributed by atoms with Crippen LogP contribution in [0.1, 0.15) is 17.3 Å². The van der Waals surface area contributed by atoms with Gasteiger partial charge >= 0.3 is 5.97 Å². The highest BCUT2D eigenvalue weighted by molar-refractivity contribution is 6.76. The normalized spacial score (nSPS) is 11.0. The number of halogens is 5. The van der Waals surface area contributed by atoms with Crippen LogP contribution in [0.25, 0.3) is 0 Å². The summed E-state index contributed by atoms with van der Waals surface area (Å²) in [6.45, 7) is 1.36. The molecule has 1 amide bonds. The molecule has 0 aliphatic carbocycles. The molecular weight excluding hydrogens is 383 g/mol. The van der Waals surface area contributed by atoms with Crippen molar-refractivity contribution in [1.29, 1.82) is 0 Å². The van der Waals surface area contributed by atoms with Crippen molar-refractivity contribution in [2.24, 2.45) is 0 Å². The fourth-order valence-corrected chi connectivity index (χ4v) is 1.66. The van der Waals surface area contributed by atoms with Crippen LogP contribution in [-0.2, 0) is 9.53 Å². The molecule has 1 rings (SSSR count). The lowest BCUT2D eigenvalue weighted by atomic mass is 10.2.